The van der Waals surface area contributed by atoms with Crippen LogP contribution in [0, 0.1) is 0 Å². The minimum Gasteiger partial charge on any atom is -0.394 e. The van der Waals surface area contributed by atoms with E-state index in [0.717, 1.165) is 5.56 Å². The third-order valence-corrected chi connectivity index (χ3v) is 10.1. The first-order chi connectivity index (χ1) is 29.6. The molecule has 1 fully saturated rings. The zero-order valence-corrected chi connectivity index (χ0v) is 36.1. The number of rotatable bonds is 17. The number of aliphatic imine (C=N–C) groups is 1. The first-order valence-electron chi connectivity index (χ1n) is 20.7. The largest absolute Gasteiger partial charge is 0.394 e. The van der Waals surface area contributed by atoms with Gasteiger partial charge in [0.25, 0.3) is 0 Å². The maximum Gasteiger partial charge on any atom is 0.245 e. The zero-order chi connectivity index (χ0) is 46.0. The lowest BCUT2D eigenvalue weighted by Crippen LogP contribution is -2.61. The lowest BCUT2D eigenvalue weighted by atomic mass is 10.0. The fourth-order valence-corrected chi connectivity index (χ4v) is 6.47. The highest BCUT2D eigenvalue weighted by molar-refractivity contribution is 7.80. The van der Waals surface area contributed by atoms with Gasteiger partial charge in [-0.1, -0.05) is 30.3 Å². The Morgan fingerprint density at radius 2 is 1.06 bits per heavy atom. The maximum absolute atomic E-state index is 14.0. The lowest BCUT2D eigenvalue weighted by Gasteiger charge is -2.27. The molecule has 1 aromatic rings. The molecule has 1 heterocycles. The average molecular weight is 892 g/mol. The van der Waals surface area contributed by atoms with Gasteiger partial charge in [-0.15, -0.1) is 0 Å². The standard InChI is InChI=1S/C39H65N13O9S/c1-23-32(55)45-20-31(54)47-25(12-5-7-17-40)33(56)49-27(14-9-19-44-39(42)43)34(57)48-26(13-6-8-18-41)35(58)51-29(21-53)37(60)50-28(16-15-24-10-3-2-4-11-24)36(59)52-30(22-62)38(61)46-23/h2-4,10-11,23,25-30,53,62H,5-9,12-22,40-41H2,1H3,(H,45,55)(H,46,61)(H,47,54)(H,48,57)(H,49,56)(H,50,60)(H,51,58)(H,52,59)(H4,42,43,44)/t23-,25-,26-,27-,28+,29-,30-/m0/s1. The number of carbonyl (C=O) groups is 8. The minimum atomic E-state index is -1.61. The summed E-state index contributed by atoms with van der Waals surface area (Å²) in [6, 6.07) is -0.133. The van der Waals surface area contributed by atoms with Crippen LogP contribution in [0.15, 0.2) is 35.3 Å². The first kappa shape index (κ1) is 52.6. The van der Waals surface area contributed by atoms with Crippen LogP contribution in [0.3, 0.4) is 0 Å². The number of benzene rings is 1. The number of nitrogens with two attached hydrogens (primary N) is 4. The Kier molecular flexibility index (Phi) is 24.5. The topological polar surface area (TPSA) is 369 Å². The molecule has 2 rings (SSSR count). The van der Waals surface area contributed by atoms with Gasteiger partial charge in [-0.05, 0) is 89.8 Å². The van der Waals surface area contributed by atoms with Crippen LogP contribution in [0.1, 0.15) is 70.3 Å². The number of aliphatic hydroxyl groups excluding tert-OH is 1. The Morgan fingerprint density at radius 1 is 0.613 bits per heavy atom. The number of unbranched alkanes of at least 4 members (excludes halogenated alkanes) is 2. The predicted molar refractivity (Wildman–Crippen MR) is 234 cm³/mol. The van der Waals surface area contributed by atoms with E-state index in [2.05, 4.69) is 60.2 Å². The van der Waals surface area contributed by atoms with Gasteiger partial charge >= 0.3 is 0 Å². The zero-order valence-electron chi connectivity index (χ0n) is 35.2. The molecule has 0 saturated carbocycles. The molecule has 8 amide bonds. The van der Waals surface area contributed by atoms with Crippen LogP contribution in [0.4, 0.5) is 0 Å². The second-order valence-electron chi connectivity index (χ2n) is 14.8. The fourth-order valence-electron chi connectivity index (χ4n) is 6.22. The number of nitrogens with one attached hydrogen (secondary N) is 8. The molecule has 0 spiro atoms. The molecule has 0 radical (unpaired) electrons. The van der Waals surface area contributed by atoms with Crippen LogP contribution in [-0.4, -0.2) is 139 Å². The van der Waals surface area contributed by atoms with Crippen molar-refractivity contribution in [1.29, 1.82) is 0 Å². The van der Waals surface area contributed by atoms with E-state index in [1.165, 1.54) is 6.92 Å². The average Bonchev–Trinajstić information content (AvgIpc) is 3.24. The maximum atomic E-state index is 14.0. The number of aryl methyl sites for hydroxylation is 1. The molecule has 17 N–H and O–H groups in total. The van der Waals surface area contributed by atoms with E-state index in [1.807, 2.05) is 18.2 Å². The lowest BCUT2D eigenvalue weighted by molar-refractivity contribution is -0.136. The Hall–Kier alpha value is -5.52. The van der Waals surface area contributed by atoms with E-state index in [9.17, 15) is 43.5 Å². The summed E-state index contributed by atoms with van der Waals surface area (Å²) in [5.74, 6) is -6.86. The number of aliphatic hydroxyl groups is 1. The highest BCUT2D eigenvalue weighted by atomic mass is 32.1. The molecule has 0 bridgehead atoms. The molecule has 1 aromatic carbocycles. The van der Waals surface area contributed by atoms with Gasteiger partial charge in [-0.25, -0.2) is 0 Å². The molecule has 23 heteroatoms. The Bertz CT molecular complexity index is 1670. The van der Waals surface area contributed by atoms with Crippen LogP contribution in [0.5, 0.6) is 0 Å². The van der Waals surface area contributed by atoms with Crippen LogP contribution >= 0.6 is 12.6 Å². The molecule has 0 aromatic heterocycles. The highest BCUT2D eigenvalue weighted by Crippen LogP contribution is 2.10. The normalized spacial score (nSPS) is 24.1. The highest BCUT2D eigenvalue weighted by Gasteiger charge is 2.34. The molecule has 1 aliphatic heterocycles. The molecule has 1 saturated heterocycles. The summed E-state index contributed by atoms with van der Waals surface area (Å²) in [6.07, 6.45) is 2.39. The van der Waals surface area contributed by atoms with E-state index < -0.39 is 103 Å². The van der Waals surface area contributed by atoms with Crippen molar-refractivity contribution in [1.82, 2.24) is 42.5 Å². The number of thiol groups is 1. The van der Waals surface area contributed by atoms with Crippen molar-refractivity contribution < 1.29 is 43.5 Å². The minimum absolute atomic E-state index is 0.0171. The molecular formula is C39H65N13O9S. The summed E-state index contributed by atoms with van der Waals surface area (Å²) in [7, 11) is 0. The summed E-state index contributed by atoms with van der Waals surface area (Å²) in [4.78, 5) is 112. The van der Waals surface area contributed by atoms with Crippen molar-refractivity contribution in [3.05, 3.63) is 35.9 Å². The van der Waals surface area contributed by atoms with E-state index in [1.54, 1.807) is 12.1 Å². The Morgan fingerprint density at radius 3 is 1.56 bits per heavy atom. The molecule has 0 aliphatic carbocycles. The number of amides is 8. The SMILES string of the molecule is C[C@@H]1NC(=O)[C@H](CS)NC(=O)[C@@H](CCc2ccccc2)NC(=O)[C@H](CO)NC(=O)[C@H](CCCCN)NC(=O)[C@H](CCCN=C(N)N)NC(=O)[C@H](CCCCN)NC(=O)CNC1=O. The van der Waals surface area contributed by atoms with Crippen molar-refractivity contribution in [2.24, 2.45) is 27.9 Å². The third-order valence-electron chi connectivity index (χ3n) is 9.76. The Balaban J connectivity index is 2.57. The first-order valence-corrected chi connectivity index (χ1v) is 21.4. The number of guanidine groups is 1. The van der Waals surface area contributed by atoms with Gasteiger partial charge in [0.1, 0.15) is 42.3 Å². The summed E-state index contributed by atoms with van der Waals surface area (Å²) >= 11 is 4.21. The second kappa shape index (κ2) is 28.9. The summed E-state index contributed by atoms with van der Waals surface area (Å²) in [5.41, 5.74) is 23.1. The predicted octanol–water partition coefficient (Wildman–Crippen LogP) is -4.60. The van der Waals surface area contributed by atoms with Crippen molar-refractivity contribution >= 4 is 65.8 Å². The number of hydrogen-bond donors (Lipinski definition) is 14. The van der Waals surface area contributed by atoms with Gasteiger partial charge in [0.15, 0.2) is 5.96 Å². The summed E-state index contributed by atoms with van der Waals surface area (Å²) in [6.45, 7) is 0.516. The molecule has 22 nitrogen and oxygen atoms in total. The van der Waals surface area contributed by atoms with Crippen LogP contribution in [0.2, 0.25) is 0 Å². The number of hydrogen-bond acceptors (Lipinski definition) is 13. The molecule has 1 aliphatic rings. The van der Waals surface area contributed by atoms with Crippen LogP contribution in [-0.2, 0) is 44.8 Å². The van der Waals surface area contributed by atoms with Gasteiger partial charge in [-0.2, -0.15) is 12.6 Å². The van der Waals surface area contributed by atoms with E-state index in [4.69, 9.17) is 22.9 Å². The second-order valence-corrected chi connectivity index (χ2v) is 15.1. The monoisotopic (exact) mass is 891 g/mol. The molecule has 62 heavy (non-hydrogen) atoms. The third kappa shape index (κ3) is 19.5. The number of nitrogens with zero attached hydrogens (tertiary/aromatic N) is 1. The van der Waals surface area contributed by atoms with Crippen molar-refractivity contribution in [3.8, 4) is 0 Å². The number of carbonyl (C=O) groups excluding carboxylic acids is 8. The van der Waals surface area contributed by atoms with E-state index in [-0.39, 0.29) is 56.9 Å². The summed E-state index contributed by atoms with van der Waals surface area (Å²) in [5, 5.41) is 30.6. The molecule has 0 unspecified atom stereocenters. The van der Waals surface area contributed by atoms with Gasteiger partial charge in [0.05, 0.1) is 13.2 Å². The van der Waals surface area contributed by atoms with Crippen molar-refractivity contribution in [3.63, 3.8) is 0 Å². The Labute approximate surface area is 366 Å². The van der Waals surface area contributed by atoms with Crippen LogP contribution < -0.4 is 65.5 Å². The quantitative estimate of drug-likeness (QED) is 0.0304. The van der Waals surface area contributed by atoms with Crippen molar-refractivity contribution in [2.45, 2.75) is 113 Å². The molecule has 7 atom stereocenters. The molecule has 346 valence electrons. The van der Waals surface area contributed by atoms with Gasteiger partial charge in [0.2, 0.25) is 47.3 Å². The van der Waals surface area contributed by atoms with Crippen LogP contribution in [0.25, 0.3) is 0 Å². The van der Waals surface area contributed by atoms with E-state index in [0.29, 0.717) is 38.6 Å². The van der Waals surface area contributed by atoms with Gasteiger partial charge in [-0.3, -0.25) is 43.3 Å². The fraction of sp³-hybridized carbons (Fsp3) is 0.615. The summed E-state index contributed by atoms with van der Waals surface area (Å²) < 4.78 is 0. The van der Waals surface area contributed by atoms with Gasteiger partial charge in [0, 0.05) is 12.3 Å². The van der Waals surface area contributed by atoms with Crippen molar-refractivity contribution in [2.75, 3.05) is 38.5 Å². The smallest absolute Gasteiger partial charge is 0.245 e. The molecular weight excluding hydrogens is 827 g/mol. The van der Waals surface area contributed by atoms with Gasteiger partial charge < -0.3 is 70.6 Å². The van der Waals surface area contributed by atoms with E-state index >= 15 is 0 Å².